The van der Waals surface area contributed by atoms with E-state index in [4.69, 9.17) is 24.4 Å². The van der Waals surface area contributed by atoms with E-state index >= 15 is 0 Å². The summed E-state index contributed by atoms with van der Waals surface area (Å²) in [6.07, 6.45) is 0. The van der Waals surface area contributed by atoms with Gasteiger partial charge in [0.25, 0.3) is 0 Å². The molecule has 2 aliphatic rings. The van der Waals surface area contributed by atoms with Crippen LogP contribution < -0.4 is 9.47 Å². The second kappa shape index (κ2) is 14.0. The van der Waals surface area contributed by atoms with Crippen LogP contribution in [-0.2, 0) is 5.41 Å². The maximum absolute atomic E-state index is 6.74. The van der Waals surface area contributed by atoms with Crippen molar-refractivity contribution in [1.29, 1.82) is 0 Å². The molecule has 2 heterocycles. The summed E-state index contributed by atoms with van der Waals surface area (Å²) in [6.45, 7) is 0. The lowest BCUT2D eigenvalue weighted by Gasteiger charge is -2.34. The van der Waals surface area contributed by atoms with Crippen LogP contribution in [0.2, 0.25) is 0 Å². The van der Waals surface area contributed by atoms with Crippen LogP contribution >= 0.6 is 0 Å². The van der Waals surface area contributed by atoms with Crippen LogP contribution in [-0.4, -0.2) is 15.0 Å². The van der Waals surface area contributed by atoms with Gasteiger partial charge < -0.3 is 9.47 Å². The molecular formula is C56H35N3O2. The van der Waals surface area contributed by atoms with Crippen molar-refractivity contribution in [3.05, 3.63) is 235 Å². The molecular weight excluding hydrogens is 747 g/mol. The van der Waals surface area contributed by atoms with E-state index in [2.05, 4.69) is 176 Å². The molecule has 0 atom stereocenters. The fraction of sp³-hybridized carbons (Fsp3) is 0.0179. The molecule has 1 aromatic heterocycles. The van der Waals surface area contributed by atoms with Crippen LogP contribution in [0.25, 0.3) is 67.2 Å². The fourth-order valence-electron chi connectivity index (χ4n) is 9.19. The lowest BCUT2D eigenvalue weighted by Crippen LogP contribution is -2.28. The predicted octanol–water partition coefficient (Wildman–Crippen LogP) is 14.0. The first-order chi connectivity index (χ1) is 30.2. The van der Waals surface area contributed by atoms with Crippen molar-refractivity contribution in [2.75, 3.05) is 0 Å². The second-order valence-corrected chi connectivity index (χ2v) is 15.5. The number of hydrogen-bond acceptors (Lipinski definition) is 5. The van der Waals surface area contributed by atoms with E-state index in [-0.39, 0.29) is 0 Å². The van der Waals surface area contributed by atoms with Crippen molar-refractivity contribution in [3.8, 4) is 79.4 Å². The molecule has 0 unspecified atom stereocenters. The van der Waals surface area contributed by atoms with Gasteiger partial charge in [0.2, 0.25) is 0 Å². The van der Waals surface area contributed by atoms with Gasteiger partial charge in [-0.05, 0) is 85.6 Å². The third-order valence-corrected chi connectivity index (χ3v) is 12.1. The molecule has 1 aliphatic carbocycles. The molecule has 0 spiro atoms. The van der Waals surface area contributed by atoms with Crippen LogP contribution in [0, 0.1) is 0 Å². The van der Waals surface area contributed by atoms with E-state index in [1.165, 1.54) is 33.2 Å². The van der Waals surface area contributed by atoms with E-state index in [0.29, 0.717) is 40.5 Å². The molecule has 286 valence electrons. The van der Waals surface area contributed by atoms with Crippen molar-refractivity contribution in [1.82, 2.24) is 15.0 Å². The Labute approximate surface area is 353 Å². The smallest absolute Gasteiger partial charge is 0.170 e. The molecule has 0 radical (unpaired) electrons. The van der Waals surface area contributed by atoms with Gasteiger partial charge in [-0.3, -0.25) is 0 Å². The summed E-state index contributed by atoms with van der Waals surface area (Å²) in [4.78, 5) is 14.9. The zero-order chi connectivity index (χ0) is 40.3. The van der Waals surface area contributed by atoms with E-state index in [1.807, 2.05) is 36.4 Å². The summed E-state index contributed by atoms with van der Waals surface area (Å²) >= 11 is 0. The number of benzene rings is 9. The Morgan fingerprint density at radius 2 is 0.803 bits per heavy atom. The number of nitrogens with zero attached hydrogens (tertiary/aromatic N) is 3. The van der Waals surface area contributed by atoms with Crippen molar-refractivity contribution < 1.29 is 9.47 Å². The summed E-state index contributed by atoms with van der Waals surface area (Å²) in [5, 5.41) is 2.31. The summed E-state index contributed by atoms with van der Waals surface area (Å²) in [7, 11) is 0. The summed E-state index contributed by atoms with van der Waals surface area (Å²) in [5.74, 6) is 4.60. The Bertz CT molecular complexity index is 3260. The zero-order valence-corrected chi connectivity index (χ0v) is 32.9. The van der Waals surface area contributed by atoms with Crippen molar-refractivity contribution in [3.63, 3.8) is 0 Å². The van der Waals surface area contributed by atoms with Gasteiger partial charge in [0.15, 0.2) is 40.5 Å². The highest BCUT2D eigenvalue weighted by Crippen LogP contribution is 2.59. The van der Waals surface area contributed by atoms with Crippen LogP contribution in [0.1, 0.15) is 22.3 Å². The van der Waals surface area contributed by atoms with Gasteiger partial charge in [-0.2, -0.15) is 0 Å². The van der Waals surface area contributed by atoms with Gasteiger partial charge >= 0.3 is 0 Å². The predicted molar refractivity (Wildman–Crippen MR) is 243 cm³/mol. The average Bonchev–Trinajstić information content (AvgIpc) is 3.62. The number of fused-ring (bicyclic) bond motifs is 6. The molecule has 0 N–H and O–H groups in total. The fourth-order valence-corrected chi connectivity index (χ4v) is 9.19. The first-order valence-electron chi connectivity index (χ1n) is 20.5. The number of rotatable bonds is 6. The highest BCUT2D eigenvalue weighted by Gasteiger charge is 2.47. The molecule has 12 rings (SSSR count). The summed E-state index contributed by atoms with van der Waals surface area (Å²) in [6, 6.07) is 73.9. The SMILES string of the molecule is c1ccc(-c2nc(-c3ccc(-c4ccc5c(c4)Oc4cc6c(cc4O5)C(c4ccccc4)(c4ccccc4)c4ccccc4-6)cc3)nc(-c3ccc4ccccc4c3)n2)cc1. The minimum absolute atomic E-state index is 0.522. The zero-order valence-electron chi connectivity index (χ0n) is 32.9. The lowest BCUT2D eigenvalue weighted by atomic mass is 9.67. The standard InChI is InChI=1S/C56H35N3O2/c1-4-15-38(16-5-1)53-57-54(59-55(58-53)42-29-26-36-14-10-11-17-40(36)32-42)39-27-24-37(25-28-39)41-30-31-49-50(33-41)61-51-34-46-45-22-12-13-23-47(45)56(43-18-6-2-7-19-43,44-20-8-3-9-21-44)48(46)35-52(51)60-49/h1-35H. The molecule has 9 aromatic carbocycles. The monoisotopic (exact) mass is 781 g/mol. The maximum Gasteiger partial charge on any atom is 0.170 e. The second-order valence-electron chi connectivity index (χ2n) is 15.5. The number of ether oxygens (including phenoxy) is 2. The Balaban J connectivity index is 0.894. The molecule has 0 saturated carbocycles. The largest absolute Gasteiger partial charge is 0.450 e. The van der Waals surface area contributed by atoms with E-state index in [0.717, 1.165) is 38.8 Å². The lowest BCUT2D eigenvalue weighted by molar-refractivity contribution is 0.359. The van der Waals surface area contributed by atoms with Crippen LogP contribution in [0.4, 0.5) is 0 Å². The first-order valence-corrected chi connectivity index (χ1v) is 20.5. The van der Waals surface area contributed by atoms with E-state index in [1.54, 1.807) is 0 Å². The van der Waals surface area contributed by atoms with Gasteiger partial charge in [-0.1, -0.05) is 182 Å². The Morgan fingerprint density at radius 1 is 0.295 bits per heavy atom. The summed E-state index contributed by atoms with van der Waals surface area (Å²) in [5.41, 5.74) is 11.4. The van der Waals surface area contributed by atoms with Gasteiger partial charge in [0.1, 0.15) is 0 Å². The molecule has 0 bridgehead atoms. The first kappa shape index (κ1) is 34.9. The van der Waals surface area contributed by atoms with Crippen LogP contribution in [0.3, 0.4) is 0 Å². The normalized spacial score (nSPS) is 13.0. The van der Waals surface area contributed by atoms with Crippen LogP contribution in [0.5, 0.6) is 23.0 Å². The maximum atomic E-state index is 6.74. The quantitative estimate of drug-likeness (QED) is 0.168. The molecule has 0 fully saturated rings. The summed E-state index contributed by atoms with van der Waals surface area (Å²) < 4.78 is 13.4. The van der Waals surface area contributed by atoms with Crippen molar-refractivity contribution in [2.24, 2.45) is 0 Å². The molecule has 5 heteroatoms. The Morgan fingerprint density at radius 3 is 1.52 bits per heavy atom. The molecule has 0 saturated heterocycles. The molecule has 1 aliphatic heterocycles. The highest BCUT2D eigenvalue weighted by molar-refractivity contribution is 5.89. The number of hydrogen-bond donors (Lipinski definition) is 0. The molecule has 61 heavy (non-hydrogen) atoms. The van der Waals surface area contributed by atoms with E-state index in [9.17, 15) is 0 Å². The van der Waals surface area contributed by atoms with Gasteiger partial charge in [-0.25, -0.2) is 15.0 Å². The molecule has 10 aromatic rings. The highest BCUT2D eigenvalue weighted by atomic mass is 16.6. The molecule has 0 amide bonds. The third kappa shape index (κ3) is 5.74. The Kier molecular flexibility index (Phi) is 8.00. The minimum Gasteiger partial charge on any atom is -0.450 e. The van der Waals surface area contributed by atoms with Crippen molar-refractivity contribution >= 4 is 10.8 Å². The average molecular weight is 782 g/mol. The van der Waals surface area contributed by atoms with E-state index < -0.39 is 5.41 Å². The minimum atomic E-state index is -0.522. The van der Waals surface area contributed by atoms with Gasteiger partial charge in [0, 0.05) is 16.7 Å². The molecule has 5 nitrogen and oxygen atoms in total. The van der Waals surface area contributed by atoms with Gasteiger partial charge in [0.05, 0.1) is 5.41 Å². The van der Waals surface area contributed by atoms with Crippen molar-refractivity contribution in [2.45, 2.75) is 5.41 Å². The topological polar surface area (TPSA) is 57.1 Å². The number of aromatic nitrogens is 3. The third-order valence-electron chi connectivity index (χ3n) is 12.1. The van der Waals surface area contributed by atoms with Crippen LogP contribution in [0.15, 0.2) is 212 Å². The van der Waals surface area contributed by atoms with Gasteiger partial charge in [-0.15, -0.1) is 0 Å². The Hall–Kier alpha value is -8.15.